The predicted octanol–water partition coefficient (Wildman–Crippen LogP) is 0.818. The van der Waals surface area contributed by atoms with E-state index in [9.17, 15) is 4.79 Å². The zero-order valence-corrected chi connectivity index (χ0v) is 12.1. The highest BCUT2D eigenvalue weighted by Crippen LogP contribution is 2.28. The number of hydrogen-bond donors (Lipinski definition) is 3. The third kappa shape index (κ3) is 3.31. The molecular weight excluding hydrogens is 280 g/mol. The van der Waals surface area contributed by atoms with Gasteiger partial charge in [0.2, 0.25) is 0 Å². The number of nitrogens with zero attached hydrogens (tertiary/aromatic N) is 2. The number of hydrogen-bond acceptors (Lipinski definition) is 5. The average molecular weight is 301 g/mol. The third-order valence-electron chi connectivity index (χ3n) is 3.85. The van der Waals surface area contributed by atoms with Crippen molar-refractivity contribution in [2.45, 2.75) is 38.3 Å². The number of nitrogens with one attached hydrogen (secondary N) is 1. The molecule has 112 valence electrons. The number of aromatic nitrogens is 2. The number of halogens is 1. The largest absolute Gasteiger partial charge is 0.394 e. The van der Waals surface area contributed by atoms with Gasteiger partial charge in [-0.3, -0.25) is 4.79 Å². The Hall–Kier alpha value is -1.11. The number of aliphatic hydroxyl groups excluding tert-OH is 1. The van der Waals surface area contributed by atoms with Gasteiger partial charge in [0.05, 0.1) is 25.0 Å². The monoisotopic (exact) mass is 300 g/mol. The minimum absolute atomic E-state index is 0.120. The second-order valence-electron chi connectivity index (χ2n) is 5.16. The minimum atomic E-state index is -0.383. The average Bonchev–Trinajstić information content (AvgIpc) is 2.47. The van der Waals surface area contributed by atoms with E-state index in [1.54, 1.807) is 6.20 Å². The smallest absolute Gasteiger partial charge is 0.287 e. The second-order valence-corrected chi connectivity index (χ2v) is 5.53. The molecule has 4 N–H and O–H groups in total. The van der Waals surface area contributed by atoms with Crippen molar-refractivity contribution in [1.29, 1.82) is 0 Å². The molecule has 0 saturated heterocycles. The summed E-state index contributed by atoms with van der Waals surface area (Å²) < 4.78 is 1.16. The van der Waals surface area contributed by atoms with Gasteiger partial charge in [0.1, 0.15) is 5.02 Å². The Labute approximate surface area is 122 Å². The molecule has 1 heterocycles. The molecule has 0 amide bonds. The Morgan fingerprint density at radius 2 is 2.25 bits per heavy atom. The summed E-state index contributed by atoms with van der Waals surface area (Å²) in [6, 6.07) is 0.237. The van der Waals surface area contributed by atoms with E-state index in [4.69, 9.17) is 22.4 Å². The van der Waals surface area contributed by atoms with Crippen molar-refractivity contribution < 1.29 is 5.11 Å². The van der Waals surface area contributed by atoms with Gasteiger partial charge in [-0.15, -0.1) is 0 Å². The molecular formula is C13H21ClN4O2. The zero-order valence-electron chi connectivity index (χ0n) is 11.4. The van der Waals surface area contributed by atoms with E-state index < -0.39 is 0 Å². The molecule has 1 aromatic heterocycles. The Kier molecular flexibility index (Phi) is 5.39. The van der Waals surface area contributed by atoms with E-state index in [0.717, 1.165) is 23.9 Å². The van der Waals surface area contributed by atoms with Crippen molar-refractivity contribution in [1.82, 2.24) is 9.78 Å². The maximum absolute atomic E-state index is 12.0. The van der Waals surface area contributed by atoms with E-state index in [2.05, 4.69) is 10.4 Å². The molecule has 6 nitrogen and oxygen atoms in total. The van der Waals surface area contributed by atoms with E-state index in [0.29, 0.717) is 18.2 Å². The van der Waals surface area contributed by atoms with Gasteiger partial charge in [-0.05, 0) is 25.3 Å². The van der Waals surface area contributed by atoms with Crippen LogP contribution in [-0.2, 0) is 6.54 Å². The topological polar surface area (TPSA) is 93.2 Å². The molecule has 0 radical (unpaired) electrons. The first-order chi connectivity index (χ1) is 9.67. The van der Waals surface area contributed by atoms with Crippen molar-refractivity contribution in [3.8, 4) is 0 Å². The quantitative estimate of drug-likeness (QED) is 0.748. The first kappa shape index (κ1) is 15.3. The van der Waals surface area contributed by atoms with Crippen LogP contribution in [0.3, 0.4) is 0 Å². The van der Waals surface area contributed by atoms with Gasteiger partial charge < -0.3 is 16.2 Å². The summed E-state index contributed by atoms with van der Waals surface area (Å²) in [6.07, 6.45) is 6.02. The highest BCUT2D eigenvalue weighted by Gasteiger charge is 2.24. The Balaban J connectivity index is 2.17. The third-order valence-corrected chi connectivity index (χ3v) is 4.21. The summed E-state index contributed by atoms with van der Waals surface area (Å²) in [6.45, 7) is 0.631. The highest BCUT2D eigenvalue weighted by molar-refractivity contribution is 6.32. The SMILES string of the molecule is NCC1CCCCC1Nc1cnn(CCO)c(=O)c1Cl. The van der Waals surface area contributed by atoms with Gasteiger partial charge in [-0.25, -0.2) is 4.68 Å². The summed E-state index contributed by atoms with van der Waals surface area (Å²) >= 11 is 6.10. The fourth-order valence-corrected chi connectivity index (χ4v) is 2.90. The minimum Gasteiger partial charge on any atom is -0.394 e. The number of aliphatic hydroxyl groups is 1. The molecule has 0 aromatic carbocycles. The lowest BCUT2D eigenvalue weighted by molar-refractivity contribution is 0.266. The first-order valence-electron chi connectivity index (χ1n) is 7.00. The van der Waals surface area contributed by atoms with E-state index in [-0.39, 0.29) is 29.8 Å². The maximum Gasteiger partial charge on any atom is 0.287 e. The maximum atomic E-state index is 12.0. The van der Waals surface area contributed by atoms with Crippen LogP contribution in [0.25, 0.3) is 0 Å². The Morgan fingerprint density at radius 3 is 2.95 bits per heavy atom. The molecule has 1 fully saturated rings. The standard InChI is InChI=1S/C13H21ClN4O2/c14-12-11(8-16-18(5-6-19)13(12)20)17-10-4-2-1-3-9(10)7-15/h8-10,17,19H,1-7,15H2. The predicted molar refractivity (Wildman–Crippen MR) is 79.0 cm³/mol. The molecule has 7 heteroatoms. The zero-order chi connectivity index (χ0) is 14.5. The normalized spacial score (nSPS) is 22.8. The summed E-state index contributed by atoms with van der Waals surface area (Å²) in [5, 5.41) is 16.3. The number of rotatable bonds is 5. The van der Waals surface area contributed by atoms with Crippen LogP contribution in [0, 0.1) is 5.92 Å². The fraction of sp³-hybridized carbons (Fsp3) is 0.692. The molecule has 2 rings (SSSR count). The molecule has 20 heavy (non-hydrogen) atoms. The van der Waals surface area contributed by atoms with Gasteiger partial charge in [0, 0.05) is 6.04 Å². The van der Waals surface area contributed by atoms with Gasteiger partial charge in [0.15, 0.2) is 0 Å². The Bertz CT molecular complexity index is 506. The number of anilines is 1. The lowest BCUT2D eigenvalue weighted by Crippen LogP contribution is -2.37. The second kappa shape index (κ2) is 7.06. The van der Waals surface area contributed by atoms with Crippen LogP contribution < -0.4 is 16.6 Å². The van der Waals surface area contributed by atoms with Crippen LogP contribution in [0.1, 0.15) is 25.7 Å². The van der Waals surface area contributed by atoms with Crippen molar-refractivity contribution in [2.75, 3.05) is 18.5 Å². The van der Waals surface area contributed by atoms with Crippen LogP contribution in [-0.4, -0.2) is 34.1 Å². The highest BCUT2D eigenvalue weighted by atomic mass is 35.5. The molecule has 2 atom stereocenters. The molecule has 0 aliphatic heterocycles. The molecule has 1 aliphatic carbocycles. The molecule has 0 bridgehead atoms. The van der Waals surface area contributed by atoms with Gasteiger partial charge >= 0.3 is 0 Å². The summed E-state index contributed by atoms with van der Waals surface area (Å²) in [5.74, 6) is 0.402. The van der Waals surface area contributed by atoms with Gasteiger partial charge in [0.25, 0.3) is 5.56 Å². The lowest BCUT2D eigenvalue weighted by Gasteiger charge is -2.32. The van der Waals surface area contributed by atoms with E-state index in [1.807, 2.05) is 0 Å². The van der Waals surface area contributed by atoms with Crippen LogP contribution in [0.5, 0.6) is 0 Å². The Morgan fingerprint density at radius 1 is 1.50 bits per heavy atom. The fourth-order valence-electron chi connectivity index (χ4n) is 2.70. The number of nitrogens with two attached hydrogens (primary N) is 1. The molecule has 1 aromatic rings. The molecule has 0 spiro atoms. The summed E-state index contributed by atoms with van der Waals surface area (Å²) in [7, 11) is 0. The molecule has 2 unspecified atom stereocenters. The van der Waals surface area contributed by atoms with E-state index >= 15 is 0 Å². The van der Waals surface area contributed by atoms with Gasteiger partial charge in [-0.1, -0.05) is 24.4 Å². The molecule has 1 saturated carbocycles. The van der Waals surface area contributed by atoms with Crippen LogP contribution in [0.15, 0.2) is 11.0 Å². The van der Waals surface area contributed by atoms with Crippen molar-refractivity contribution in [2.24, 2.45) is 11.7 Å². The van der Waals surface area contributed by atoms with Crippen molar-refractivity contribution in [3.05, 3.63) is 21.6 Å². The first-order valence-corrected chi connectivity index (χ1v) is 7.38. The van der Waals surface area contributed by atoms with Crippen LogP contribution in [0.2, 0.25) is 5.02 Å². The van der Waals surface area contributed by atoms with Crippen LogP contribution >= 0.6 is 11.6 Å². The lowest BCUT2D eigenvalue weighted by atomic mass is 9.84. The van der Waals surface area contributed by atoms with E-state index in [1.165, 1.54) is 6.42 Å². The van der Waals surface area contributed by atoms with Crippen molar-refractivity contribution in [3.63, 3.8) is 0 Å². The van der Waals surface area contributed by atoms with Gasteiger partial charge in [-0.2, -0.15) is 5.10 Å². The molecule has 1 aliphatic rings. The summed E-state index contributed by atoms with van der Waals surface area (Å²) in [5.41, 5.74) is 5.97. The van der Waals surface area contributed by atoms with Crippen molar-refractivity contribution >= 4 is 17.3 Å². The summed E-state index contributed by atoms with van der Waals surface area (Å²) in [4.78, 5) is 12.0. The van der Waals surface area contributed by atoms with Crippen LogP contribution in [0.4, 0.5) is 5.69 Å².